The summed E-state index contributed by atoms with van der Waals surface area (Å²) in [5.41, 5.74) is 9.43. The molecule has 0 aliphatic rings. The average molecular weight is 759 g/mol. The second-order valence-corrected chi connectivity index (χ2v) is 17.0. The van der Waals surface area contributed by atoms with Crippen molar-refractivity contribution in [3.05, 3.63) is 113 Å². The number of thiophene rings is 2. The summed E-state index contributed by atoms with van der Waals surface area (Å²) in [7, 11) is 0. The first-order chi connectivity index (χ1) is 22.7. The van der Waals surface area contributed by atoms with E-state index in [0.29, 0.717) is 11.5 Å². The SMILES string of the molecule is Cc1cc(-c2sc3ccccc3c2-c2cccc(-c3c(-c4cc(O)c(C(C)(C)C)cc4C)sc4ccccc34)n2)c(O)c(C(C)(C)C)c1.[Zr]. The van der Waals surface area contributed by atoms with Gasteiger partial charge in [-0.1, -0.05) is 96.1 Å². The molecule has 0 bridgehead atoms. The Balaban J connectivity index is 0.00000417. The number of nitrogens with zero attached hydrogens (tertiary/aromatic N) is 1. The molecule has 7 rings (SSSR count). The van der Waals surface area contributed by atoms with Gasteiger partial charge in [0.25, 0.3) is 0 Å². The van der Waals surface area contributed by atoms with E-state index in [1.165, 1.54) is 4.70 Å². The van der Waals surface area contributed by atoms with Crippen molar-refractivity contribution in [1.82, 2.24) is 4.98 Å². The van der Waals surface area contributed by atoms with Gasteiger partial charge in [0, 0.05) is 78.4 Å². The van der Waals surface area contributed by atoms with E-state index in [2.05, 4.69) is 140 Å². The molecule has 0 unspecified atom stereocenters. The number of rotatable bonds is 4. The number of benzene rings is 4. The first kappa shape index (κ1) is 35.3. The van der Waals surface area contributed by atoms with Gasteiger partial charge in [0.15, 0.2) is 0 Å². The Hall–Kier alpha value is -3.57. The molecular formula is C43H41NO2S2Zr. The van der Waals surface area contributed by atoms with Crippen LogP contribution in [-0.4, -0.2) is 15.2 Å². The van der Waals surface area contributed by atoms with Crippen molar-refractivity contribution in [3.8, 4) is 54.9 Å². The molecule has 3 heterocycles. The Labute approximate surface area is 316 Å². The zero-order chi connectivity index (χ0) is 34.1. The minimum atomic E-state index is -0.214. The quantitative estimate of drug-likeness (QED) is 0.188. The van der Waals surface area contributed by atoms with Crippen LogP contribution in [0.25, 0.3) is 63.6 Å². The third kappa shape index (κ3) is 6.33. The van der Waals surface area contributed by atoms with E-state index in [-0.39, 0.29) is 37.0 Å². The van der Waals surface area contributed by atoms with Crippen LogP contribution < -0.4 is 0 Å². The second-order valence-electron chi connectivity index (χ2n) is 14.9. The number of aryl methyl sites for hydroxylation is 2. The molecule has 0 fully saturated rings. The molecule has 7 aromatic rings. The summed E-state index contributed by atoms with van der Waals surface area (Å²) in [6.45, 7) is 17.0. The van der Waals surface area contributed by atoms with Crippen molar-refractivity contribution in [2.24, 2.45) is 0 Å². The van der Waals surface area contributed by atoms with E-state index >= 15 is 0 Å². The summed E-state index contributed by atoms with van der Waals surface area (Å²) in [6.07, 6.45) is 0. The summed E-state index contributed by atoms with van der Waals surface area (Å²) >= 11 is 3.44. The Morgan fingerprint density at radius 1 is 0.571 bits per heavy atom. The topological polar surface area (TPSA) is 53.4 Å². The van der Waals surface area contributed by atoms with Crippen LogP contribution in [0.2, 0.25) is 0 Å². The number of fused-ring (bicyclic) bond motifs is 2. The van der Waals surface area contributed by atoms with E-state index in [1.54, 1.807) is 22.7 Å². The fourth-order valence-electron chi connectivity index (χ4n) is 6.76. The maximum absolute atomic E-state index is 11.8. The fraction of sp³-hybridized carbons (Fsp3) is 0.233. The maximum atomic E-state index is 11.8. The van der Waals surface area contributed by atoms with Crippen molar-refractivity contribution in [2.45, 2.75) is 66.2 Å². The van der Waals surface area contributed by atoms with E-state index in [1.807, 2.05) is 6.07 Å². The molecule has 6 heteroatoms. The monoisotopic (exact) mass is 757 g/mol. The van der Waals surface area contributed by atoms with Gasteiger partial charge in [-0.05, 0) is 83.3 Å². The van der Waals surface area contributed by atoms with Crippen LogP contribution in [0.4, 0.5) is 0 Å². The van der Waals surface area contributed by atoms with E-state index in [9.17, 15) is 10.2 Å². The van der Waals surface area contributed by atoms with Gasteiger partial charge in [0.1, 0.15) is 11.5 Å². The number of pyridine rings is 1. The summed E-state index contributed by atoms with van der Waals surface area (Å²) in [5, 5.41) is 25.3. The Bertz CT molecular complexity index is 2370. The summed E-state index contributed by atoms with van der Waals surface area (Å²) < 4.78 is 2.33. The molecule has 3 nitrogen and oxygen atoms in total. The molecule has 3 aromatic heterocycles. The van der Waals surface area contributed by atoms with Gasteiger partial charge in [0.2, 0.25) is 0 Å². The van der Waals surface area contributed by atoms with Gasteiger partial charge in [-0.15, -0.1) is 22.7 Å². The average Bonchev–Trinajstić information content (AvgIpc) is 3.61. The number of aromatic nitrogens is 1. The van der Waals surface area contributed by atoms with Crippen molar-refractivity contribution < 1.29 is 36.4 Å². The van der Waals surface area contributed by atoms with E-state index in [4.69, 9.17) is 4.98 Å². The smallest absolute Gasteiger partial charge is 0.127 e. The molecule has 0 radical (unpaired) electrons. The fourth-order valence-corrected chi connectivity index (χ4v) is 9.28. The van der Waals surface area contributed by atoms with Crippen molar-refractivity contribution in [3.63, 3.8) is 0 Å². The maximum Gasteiger partial charge on any atom is 0.127 e. The van der Waals surface area contributed by atoms with Crippen LogP contribution >= 0.6 is 22.7 Å². The normalized spacial score (nSPS) is 12.1. The van der Waals surface area contributed by atoms with Crippen LogP contribution in [0.3, 0.4) is 0 Å². The predicted molar refractivity (Wildman–Crippen MR) is 207 cm³/mol. The van der Waals surface area contributed by atoms with Gasteiger partial charge >= 0.3 is 0 Å². The molecule has 246 valence electrons. The van der Waals surface area contributed by atoms with Gasteiger partial charge < -0.3 is 10.2 Å². The minimum Gasteiger partial charge on any atom is -0.508 e. The van der Waals surface area contributed by atoms with E-state index in [0.717, 1.165) is 81.1 Å². The van der Waals surface area contributed by atoms with E-state index < -0.39 is 0 Å². The van der Waals surface area contributed by atoms with Crippen molar-refractivity contribution in [2.75, 3.05) is 0 Å². The molecule has 0 saturated carbocycles. The number of aromatic hydroxyl groups is 2. The third-order valence-electron chi connectivity index (χ3n) is 9.15. The third-order valence-corrected chi connectivity index (χ3v) is 11.6. The van der Waals surface area contributed by atoms with Gasteiger partial charge in [-0.25, -0.2) is 4.98 Å². The Kier molecular flexibility index (Phi) is 9.32. The number of hydrogen-bond acceptors (Lipinski definition) is 5. The van der Waals surface area contributed by atoms with Gasteiger partial charge in [-0.3, -0.25) is 0 Å². The molecule has 0 spiro atoms. The second kappa shape index (κ2) is 13.0. The van der Waals surface area contributed by atoms with Crippen molar-refractivity contribution >= 4 is 42.8 Å². The van der Waals surface area contributed by atoms with Crippen LogP contribution in [0.1, 0.15) is 63.8 Å². The molecule has 0 aliphatic heterocycles. The molecule has 0 atom stereocenters. The molecule has 0 saturated heterocycles. The zero-order valence-electron chi connectivity index (χ0n) is 29.3. The number of hydrogen-bond donors (Lipinski definition) is 2. The number of phenols is 2. The summed E-state index contributed by atoms with van der Waals surface area (Å²) in [4.78, 5) is 7.54. The molecule has 0 amide bonds. The van der Waals surface area contributed by atoms with Crippen LogP contribution in [0, 0.1) is 13.8 Å². The van der Waals surface area contributed by atoms with Crippen LogP contribution in [0.15, 0.2) is 91.0 Å². The Morgan fingerprint density at radius 3 is 1.61 bits per heavy atom. The molecule has 2 N–H and O–H groups in total. The van der Waals surface area contributed by atoms with Gasteiger partial charge in [-0.2, -0.15) is 0 Å². The molecule has 0 aliphatic carbocycles. The first-order valence-corrected chi connectivity index (χ1v) is 18.1. The Morgan fingerprint density at radius 2 is 1.08 bits per heavy atom. The summed E-state index contributed by atoms with van der Waals surface area (Å²) in [6, 6.07) is 31.5. The standard InChI is InChI=1S/C43H41NO2S2.Zr/c1-24-20-29(39(46)31(21-24)43(6,7)8)41-38(27-15-10-12-19-36(27)48-41)33-17-13-16-32(44-33)37-26-14-9-11-18-35(26)47-40(37)28-23-34(45)30(22-25(28)2)42(3,4)5;/h9-23,45-46H,1-8H3;. The van der Waals surface area contributed by atoms with Crippen LogP contribution in [0.5, 0.6) is 11.5 Å². The number of phenolic OH excluding ortho intramolecular Hbond substituents is 2. The van der Waals surface area contributed by atoms with Gasteiger partial charge in [0.05, 0.1) is 11.4 Å². The largest absolute Gasteiger partial charge is 0.508 e. The zero-order valence-corrected chi connectivity index (χ0v) is 33.4. The van der Waals surface area contributed by atoms with Crippen molar-refractivity contribution in [1.29, 1.82) is 0 Å². The molecule has 49 heavy (non-hydrogen) atoms. The molecule has 4 aromatic carbocycles. The minimum absolute atomic E-state index is 0. The first-order valence-electron chi connectivity index (χ1n) is 16.4. The predicted octanol–water partition coefficient (Wildman–Crippen LogP) is 12.8. The molecular weight excluding hydrogens is 718 g/mol. The summed E-state index contributed by atoms with van der Waals surface area (Å²) in [5.74, 6) is 0.646. The van der Waals surface area contributed by atoms with Crippen LogP contribution in [-0.2, 0) is 37.0 Å².